The molecular formula is C13H16FNO2. The van der Waals surface area contributed by atoms with Crippen LogP contribution in [-0.4, -0.2) is 37.1 Å². The Balaban J connectivity index is 2.07. The lowest BCUT2D eigenvalue weighted by molar-refractivity contribution is 0.0680. The fraction of sp³-hybridized carbons (Fsp3) is 0.462. The summed E-state index contributed by atoms with van der Waals surface area (Å²) in [7, 11) is 1.62. The standard InChI is InChI=1S/C13H16FNO2/c1-17-9-8-15(12-6-7-12)13(16)10-2-4-11(14)5-3-10/h2-5,12H,6-9H2,1H3. The third-order valence-corrected chi connectivity index (χ3v) is 2.88. The van der Waals surface area contributed by atoms with Gasteiger partial charge in [0.2, 0.25) is 0 Å². The second kappa shape index (κ2) is 5.27. The van der Waals surface area contributed by atoms with Crippen molar-refractivity contribution in [3.63, 3.8) is 0 Å². The Morgan fingerprint density at radius 3 is 2.59 bits per heavy atom. The van der Waals surface area contributed by atoms with Crippen molar-refractivity contribution < 1.29 is 13.9 Å². The normalized spacial score (nSPS) is 14.7. The molecule has 1 aliphatic carbocycles. The fourth-order valence-corrected chi connectivity index (χ4v) is 1.78. The average molecular weight is 237 g/mol. The maximum absolute atomic E-state index is 12.8. The smallest absolute Gasteiger partial charge is 0.254 e. The van der Waals surface area contributed by atoms with E-state index in [-0.39, 0.29) is 11.7 Å². The first-order chi connectivity index (χ1) is 8.22. The number of benzene rings is 1. The SMILES string of the molecule is COCCN(C(=O)c1ccc(F)cc1)C1CC1. The van der Waals surface area contributed by atoms with Crippen molar-refractivity contribution in [2.75, 3.05) is 20.3 Å². The minimum Gasteiger partial charge on any atom is -0.383 e. The molecule has 1 aromatic rings. The van der Waals surface area contributed by atoms with Crippen molar-refractivity contribution in [2.45, 2.75) is 18.9 Å². The van der Waals surface area contributed by atoms with Gasteiger partial charge in [-0.15, -0.1) is 0 Å². The number of hydrogen-bond acceptors (Lipinski definition) is 2. The van der Waals surface area contributed by atoms with Crippen LogP contribution in [0.2, 0.25) is 0 Å². The third kappa shape index (κ3) is 3.03. The van der Waals surface area contributed by atoms with Gasteiger partial charge in [-0.05, 0) is 37.1 Å². The zero-order valence-electron chi connectivity index (χ0n) is 9.86. The molecule has 0 bridgehead atoms. The number of carbonyl (C=O) groups excluding carboxylic acids is 1. The van der Waals surface area contributed by atoms with E-state index in [0.29, 0.717) is 24.8 Å². The van der Waals surface area contributed by atoms with Crippen molar-refractivity contribution in [3.8, 4) is 0 Å². The number of methoxy groups -OCH3 is 1. The Morgan fingerprint density at radius 1 is 1.41 bits per heavy atom. The molecule has 1 aliphatic rings. The molecule has 0 spiro atoms. The van der Waals surface area contributed by atoms with Gasteiger partial charge in [0.25, 0.3) is 5.91 Å². The highest BCUT2D eigenvalue weighted by molar-refractivity contribution is 5.94. The predicted octanol–water partition coefficient (Wildman–Crippen LogP) is 2.08. The molecule has 0 saturated heterocycles. The average Bonchev–Trinajstić information content (AvgIpc) is 3.14. The molecule has 92 valence electrons. The summed E-state index contributed by atoms with van der Waals surface area (Å²) in [5.41, 5.74) is 0.536. The molecule has 3 nitrogen and oxygen atoms in total. The zero-order chi connectivity index (χ0) is 12.3. The number of amides is 1. The molecule has 0 aromatic heterocycles. The van der Waals surface area contributed by atoms with Crippen molar-refractivity contribution in [3.05, 3.63) is 35.6 Å². The van der Waals surface area contributed by atoms with Crippen LogP contribution in [0.25, 0.3) is 0 Å². The molecule has 2 rings (SSSR count). The fourth-order valence-electron chi connectivity index (χ4n) is 1.78. The molecule has 1 fully saturated rings. The van der Waals surface area contributed by atoms with Gasteiger partial charge in [0.15, 0.2) is 0 Å². The summed E-state index contributed by atoms with van der Waals surface area (Å²) < 4.78 is 17.8. The lowest BCUT2D eigenvalue weighted by Crippen LogP contribution is -2.35. The van der Waals surface area contributed by atoms with Crippen LogP contribution in [-0.2, 0) is 4.74 Å². The molecular weight excluding hydrogens is 221 g/mol. The van der Waals surface area contributed by atoms with Gasteiger partial charge in [0.05, 0.1) is 6.61 Å². The van der Waals surface area contributed by atoms with Gasteiger partial charge in [0, 0.05) is 25.3 Å². The Labute approximate surface area is 100 Å². The highest BCUT2D eigenvalue weighted by atomic mass is 19.1. The lowest BCUT2D eigenvalue weighted by Gasteiger charge is -2.22. The molecule has 0 heterocycles. The number of rotatable bonds is 5. The minimum absolute atomic E-state index is 0.0375. The van der Waals surface area contributed by atoms with Crippen LogP contribution in [0, 0.1) is 5.82 Å². The summed E-state index contributed by atoms with van der Waals surface area (Å²) >= 11 is 0. The molecule has 1 aromatic carbocycles. The Kier molecular flexibility index (Phi) is 3.74. The monoisotopic (exact) mass is 237 g/mol. The topological polar surface area (TPSA) is 29.5 Å². The molecule has 0 atom stereocenters. The Bertz CT molecular complexity index is 387. The highest BCUT2D eigenvalue weighted by Crippen LogP contribution is 2.28. The maximum Gasteiger partial charge on any atom is 0.254 e. The van der Waals surface area contributed by atoms with E-state index in [1.165, 1.54) is 24.3 Å². The van der Waals surface area contributed by atoms with Crippen LogP contribution >= 0.6 is 0 Å². The number of hydrogen-bond donors (Lipinski definition) is 0. The van der Waals surface area contributed by atoms with E-state index in [4.69, 9.17) is 4.74 Å². The van der Waals surface area contributed by atoms with Gasteiger partial charge in [-0.1, -0.05) is 0 Å². The number of nitrogens with zero attached hydrogens (tertiary/aromatic N) is 1. The summed E-state index contributed by atoms with van der Waals surface area (Å²) in [6.07, 6.45) is 2.10. The summed E-state index contributed by atoms with van der Waals surface area (Å²) in [6.45, 7) is 1.13. The number of halogens is 1. The molecule has 0 N–H and O–H groups in total. The first-order valence-corrected chi connectivity index (χ1v) is 5.78. The highest BCUT2D eigenvalue weighted by Gasteiger charge is 2.32. The number of carbonyl (C=O) groups is 1. The van der Waals surface area contributed by atoms with Crippen LogP contribution in [0.4, 0.5) is 4.39 Å². The minimum atomic E-state index is -0.323. The van der Waals surface area contributed by atoms with Crippen molar-refractivity contribution >= 4 is 5.91 Å². The van der Waals surface area contributed by atoms with Crippen LogP contribution in [0.5, 0.6) is 0 Å². The van der Waals surface area contributed by atoms with Gasteiger partial charge in [-0.25, -0.2) is 4.39 Å². The van der Waals surface area contributed by atoms with Crippen molar-refractivity contribution in [1.82, 2.24) is 4.90 Å². The Hall–Kier alpha value is -1.42. The largest absolute Gasteiger partial charge is 0.383 e. The van der Waals surface area contributed by atoms with Crippen molar-refractivity contribution in [2.24, 2.45) is 0 Å². The summed E-state index contributed by atoms with van der Waals surface area (Å²) in [4.78, 5) is 14.0. The van der Waals surface area contributed by atoms with Crippen LogP contribution in [0.1, 0.15) is 23.2 Å². The van der Waals surface area contributed by atoms with Crippen molar-refractivity contribution in [1.29, 1.82) is 0 Å². The Morgan fingerprint density at radius 2 is 2.06 bits per heavy atom. The zero-order valence-corrected chi connectivity index (χ0v) is 9.86. The first kappa shape index (κ1) is 12.0. The summed E-state index contributed by atoms with van der Waals surface area (Å²) in [5, 5.41) is 0. The quantitative estimate of drug-likeness (QED) is 0.784. The summed E-state index contributed by atoms with van der Waals surface area (Å²) in [6, 6.07) is 6.02. The van der Waals surface area contributed by atoms with Crippen LogP contribution < -0.4 is 0 Å². The van der Waals surface area contributed by atoms with E-state index in [1.54, 1.807) is 7.11 Å². The van der Waals surface area contributed by atoms with Gasteiger partial charge >= 0.3 is 0 Å². The predicted molar refractivity (Wildman–Crippen MR) is 62.3 cm³/mol. The van der Waals surface area contributed by atoms with E-state index in [2.05, 4.69) is 0 Å². The second-order valence-electron chi connectivity index (χ2n) is 4.23. The van der Waals surface area contributed by atoms with E-state index < -0.39 is 0 Å². The van der Waals surface area contributed by atoms with E-state index in [0.717, 1.165) is 12.8 Å². The molecule has 4 heteroatoms. The van der Waals surface area contributed by atoms with Crippen LogP contribution in [0.15, 0.2) is 24.3 Å². The van der Waals surface area contributed by atoms with E-state index in [1.807, 2.05) is 4.90 Å². The van der Waals surface area contributed by atoms with Gasteiger partial charge in [0.1, 0.15) is 5.82 Å². The third-order valence-electron chi connectivity index (χ3n) is 2.88. The molecule has 0 aliphatic heterocycles. The molecule has 1 amide bonds. The summed E-state index contributed by atoms with van der Waals surface area (Å²) in [5.74, 6) is -0.360. The van der Waals surface area contributed by atoms with Gasteiger partial charge in [-0.3, -0.25) is 4.79 Å². The molecule has 17 heavy (non-hydrogen) atoms. The van der Waals surface area contributed by atoms with E-state index >= 15 is 0 Å². The first-order valence-electron chi connectivity index (χ1n) is 5.78. The molecule has 1 saturated carbocycles. The second-order valence-corrected chi connectivity index (χ2v) is 4.23. The van der Waals surface area contributed by atoms with Gasteiger partial charge < -0.3 is 9.64 Å². The van der Waals surface area contributed by atoms with Crippen LogP contribution in [0.3, 0.4) is 0 Å². The molecule has 0 radical (unpaired) electrons. The van der Waals surface area contributed by atoms with Gasteiger partial charge in [-0.2, -0.15) is 0 Å². The van der Waals surface area contributed by atoms with E-state index in [9.17, 15) is 9.18 Å². The lowest BCUT2D eigenvalue weighted by atomic mass is 10.2. The maximum atomic E-state index is 12.8. The molecule has 0 unspecified atom stereocenters. The number of ether oxygens (including phenoxy) is 1.